The van der Waals surface area contributed by atoms with Gasteiger partial charge in [0.05, 0.1) is 20.3 Å². The Balaban J connectivity index is 0.000000302. The van der Waals surface area contributed by atoms with Crippen LogP contribution in [-0.2, 0) is 39.8 Å². The predicted octanol–water partition coefficient (Wildman–Crippen LogP) is 10.4. The van der Waals surface area contributed by atoms with Crippen LogP contribution in [0, 0.1) is 13.8 Å². The number of ether oxygens (including phenoxy) is 4. The smallest absolute Gasteiger partial charge is 0.398 e. The number of nitrogens with one attached hydrogen (secondary N) is 1. The number of hydrogen-bond donors (Lipinski definition) is 3. The zero-order valence-corrected chi connectivity index (χ0v) is 41.3. The molecule has 0 aromatic heterocycles. The number of primary amides is 1. The SMILES string of the molecule is CO/N=C/NC(=O)c1ccc(C2=CC(c3cc(Cl)cc(Cl)c3)(C(F)(F)F)OC2)cc1C.COC(OC)N(C)C.CON.Cc1cc(C2=CC(c3cc(Cl)cc(Cl)c3)(C(F)(F)F)OC2)ccc1C(N)=O. The largest absolute Gasteiger partial charge is 0.425 e. The van der Waals surface area contributed by atoms with E-state index in [1.807, 2.05) is 19.0 Å². The maximum atomic E-state index is 14.1. The molecule has 4 aromatic rings. The maximum absolute atomic E-state index is 14.1. The van der Waals surface area contributed by atoms with Crippen molar-refractivity contribution in [1.82, 2.24) is 10.2 Å². The standard InChI is InChI=1S/C21H17Cl2F3N2O3.C19H14Cl2F3NO2.C5H13NO2.CH5NO/c1-12-5-13(3-4-18(12)19(29)27-11-28-30-2)14-9-20(31-10-14,21(24,25)26)15-6-16(22)8-17(23)7-15;1-10-4-11(2-3-16(10)17(25)26)12-8-18(27-9-12,19(22,23)24)13-5-14(20)7-15(21)6-13;1-6(2)5(7-3)8-4;1-3-2/h3-9,11H,10H2,1-2H3,(H,27,28,29);2-8H,9H2,1H3,(H2,25,26);5H,1-4H3;2H2,1H3. The van der Waals surface area contributed by atoms with Gasteiger partial charge in [-0.25, -0.2) is 5.90 Å². The molecule has 0 radical (unpaired) electrons. The van der Waals surface area contributed by atoms with Gasteiger partial charge >= 0.3 is 12.4 Å². The molecule has 2 unspecified atom stereocenters. The lowest BCUT2D eigenvalue weighted by Gasteiger charge is -2.30. The molecule has 69 heavy (non-hydrogen) atoms. The first-order valence-electron chi connectivity index (χ1n) is 19.8. The molecule has 2 atom stereocenters. The third-order valence-electron chi connectivity index (χ3n) is 9.97. The van der Waals surface area contributed by atoms with Crippen molar-refractivity contribution in [2.24, 2.45) is 16.8 Å². The van der Waals surface area contributed by atoms with Crippen molar-refractivity contribution in [2.75, 3.05) is 55.7 Å². The maximum Gasteiger partial charge on any atom is 0.425 e. The van der Waals surface area contributed by atoms with Gasteiger partial charge in [-0.2, -0.15) is 26.3 Å². The molecular formula is C46H49Cl4F6N5O8. The van der Waals surface area contributed by atoms with Crippen LogP contribution in [0.15, 0.2) is 90.1 Å². The van der Waals surface area contributed by atoms with Crippen LogP contribution in [-0.4, -0.2) is 97.6 Å². The van der Waals surface area contributed by atoms with E-state index < -0.39 is 35.4 Å². The molecule has 0 saturated heterocycles. The third kappa shape index (κ3) is 14.9. The van der Waals surface area contributed by atoms with Gasteiger partial charge in [-0.3, -0.25) is 14.5 Å². The second-order valence-electron chi connectivity index (χ2n) is 15.0. The number of hydrogen-bond acceptors (Lipinski definition) is 11. The van der Waals surface area contributed by atoms with Gasteiger partial charge in [0.2, 0.25) is 23.5 Å². The highest BCUT2D eigenvalue weighted by molar-refractivity contribution is 6.35. The number of aryl methyl sites for hydroxylation is 2. The lowest BCUT2D eigenvalue weighted by molar-refractivity contribution is -0.254. The summed E-state index contributed by atoms with van der Waals surface area (Å²) in [4.78, 5) is 33.6. The van der Waals surface area contributed by atoms with Crippen molar-refractivity contribution in [3.05, 3.63) is 150 Å². The third-order valence-corrected chi connectivity index (χ3v) is 10.8. The topological polar surface area (TPSA) is 169 Å². The number of methoxy groups -OCH3 is 2. The average Bonchev–Trinajstić information content (AvgIpc) is 3.93. The molecule has 0 spiro atoms. The first-order chi connectivity index (χ1) is 32.2. The van der Waals surface area contributed by atoms with Crippen molar-refractivity contribution in [3.63, 3.8) is 0 Å². The summed E-state index contributed by atoms with van der Waals surface area (Å²) in [6, 6.07) is 16.8. The molecule has 0 saturated carbocycles. The van der Waals surface area contributed by atoms with E-state index in [1.165, 1.54) is 62.8 Å². The van der Waals surface area contributed by atoms with Crippen molar-refractivity contribution in [2.45, 2.75) is 43.8 Å². The van der Waals surface area contributed by atoms with Gasteiger partial charge in [-0.15, -0.1) is 0 Å². The molecule has 6 rings (SSSR count). The molecule has 2 aliphatic heterocycles. The van der Waals surface area contributed by atoms with Gasteiger partial charge in [0.1, 0.15) is 13.4 Å². The Bertz CT molecular complexity index is 2480. The van der Waals surface area contributed by atoms with Gasteiger partial charge in [0.15, 0.2) is 0 Å². The molecule has 0 aliphatic carbocycles. The normalized spacial score (nSPS) is 17.8. The summed E-state index contributed by atoms with van der Waals surface area (Å²) in [6.07, 6.45) is -6.56. The zero-order chi connectivity index (χ0) is 52.1. The molecule has 2 heterocycles. The first-order valence-corrected chi connectivity index (χ1v) is 21.4. The summed E-state index contributed by atoms with van der Waals surface area (Å²) in [7, 11) is 9.72. The van der Waals surface area contributed by atoms with Gasteiger partial charge in [0, 0.05) is 45.4 Å². The molecule has 0 fully saturated rings. The molecule has 5 N–H and O–H groups in total. The summed E-state index contributed by atoms with van der Waals surface area (Å²) >= 11 is 23.6. The fourth-order valence-corrected chi connectivity index (χ4v) is 7.94. The summed E-state index contributed by atoms with van der Waals surface area (Å²) in [5, 5.41) is 6.14. The monoisotopic (exact) mass is 1050 g/mol. The molecule has 2 amide bonds. The minimum atomic E-state index is -4.75. The Labute approximate surface area is 414 Å². The quantitative estimate of drug-likeness (QED) is 0.0432. The number of rotatable bonds is 11. The Morgan fingerprint density at radius 2 is 1.09 bits per heavy atom. The van der Waals surface area contributed by atoms with Crippen LogP contribution in [0.25, 0.3) is 11.1 Å². The molecular weight excluding hydrogens is 1010 g/mol. The second kappa shape index (κ2) is 25.4. The Hall–Kier alpha value is -4.77. The highest BCUT2D eigenvalue weighted by atomic mass is 35.5. The molecule has 2 aliphatic rings. The molecule has 376 valence electrons. The van der Waals surface area contributed by atoms with Crippen molar-refractivity contribution in [1.29, 1.82) is 0 Å². The van der Waals surface area contributed by atoms with Crippen LogP contribution in [0.3, 0.4) is 0 Å². The van der Waals surface area contributed by atoms with Crippen LogP contribution in [0.2, 0.25) is 20.1 Å². The van der Waals surface area contributed by atoms with E-state index in [2.05, 4.69) is 26.0 Å². The van der Waals surface area contributed by atoms with Crippen LogP contribution in [0.1, 0.15) is 54.1 Å². The summed E-state index contributed by atoms with van der Waals surface area (Å²) in [5.74, 6) is 3.31. The zero-order valence-electron chi connectivity index (χ0n) is 38.2. The van der Waals surface area contributed by atoms with Crippen LogP contribution >= 0.6 is 46.4 Å². The molecule has 0 bridgehead atoms. The lowest BCUT2D eigenvalue weighted by Crippen LogP contribution is -2.41. The number of benzene rings is 4. The minimum absolute atomic E-state index is 0.0693. The molecule has 23 heteroatoms. The van der Waals surface area contributed by atoms with E-state index in [0.717, 1.165) is 18.5 Å². The van der Waals surface area contributed by atoms with Gasteiger partial charge in [-0.1, -0.05) is 75.8 Å². The van der Waals surface area contributed by atoms with Crippen molar-refractivity contribution in [3.8, 4) is 0 Å². The van der Waals surface area contributed by atoms with Crippen LogP contribution < -0.4 is 16.9 Å². The van der Waals surface area contributed by atoms with E-state index in [9.17, 15) is 35.9 Å². The number of alkyl halides is 6. The number of amides is 2. The summed E-state index contributed by atoms with van der Waals surface area (Å²) in [5.41, 5.74) is 2.97. The number of nitrogens with two attached hydrogens (primary N) is 2. The Morgan fingerprint density at radius 1 is 0.710 bits per heavy atom. The highest BCUT2D eigenvalue weighted by Gasteiger charge is 2.59. The van der Waals surface area contributed by atoms with Gasteiger partial charge in [0.25, 0.3) is 5.91 Å². The Morgan fingerprint density at radius 3 is 1.38 bits per heavy atom. The predicted molar refractivity (Wildman–Crippen MR) is 253 cm³/mol. The number of nitrogens with zero attached hydrogens (tertiary/aromatic N) is 2. The fraction of sp³-hybridized carbons (Fsp3) is 0.326. The van der Waals surface area contributed by atoms with Gasteiger partial charge in [-0.05, 0) is 133 Å². The first kappa shape index (κ1) is 58.5. The summed E-state index contributed by atoms with van der Waals surface area (Å²) < 4.78 is 105. The van der Waals surface area contributed by atoms with Gasteiger partial charge < -0.3 is 39.7 Å². The van der Waals surface area contributed by atoms with Crippen LogP contribution in [0.4, 0.5) is 26.3 Å². The fourth-order valence-electron chi connectivity index (χ4n) is 6.89. The van der Waals surface area contributed by atoms with Crippen molar-refractivity contribution >= 4 is 75.7 Å². The van der Waals surface area contributed by atoms with Crippen molar-refractivity contribution < 1.29 is 64.6 Å². The number of carbonyl (C=O) groups excluding carboxylic acids is 2. The lowest BCUT2D eigenvalue weighted by atomic mass is 9.90. The van der Waals surface area contributed by atoms with E-state index in [4.69, 9.17) is 71.1 Å². The average molecular weight is 1060 g/mol. The number of halogens is 10. The van der Waals surface area contributed by atoms with E-state index in [-0.39, 0.29) is 50.8 Å². The molecule has 13 nitrogen and oxygen atoms in total. The number of carbonyl (C=O) groups is 2. The van der Waals surface area contributed by atoms with Crippen LogP contribution in [0.5, 0.6) is 0 Å². The van der Waals surface area contributed by atoms with E-state index >= 15 is 0 Å². The second-order valence-corrected chi connectivity index (χ2v) is 16.7. The number of oxime groups is 1. The van der Waals surface area contributed by atoms with E-state index in [0.29, 0.717) is 44.5 Å². The highest BCUT2D eigenvalue weighted by Crippen LogP contribution is 2.51. The molecule has 4 aromatic carbocycles. The Kier molecular flexibility index (Phi) is 21.5. The summed E-state index contributed by atoms with van der Waals surface area (Å²) in [6.45, 7) is 2.79. The van der Waals surface area contributed by atoms with E-state index in [1.54, 1.807) is 52.3 Å². The minimum Gasteiger partial charge on any atom is -0.398 e.